The monoisotopic (exact) mass is 522 g/mol. The Bertz CT molecular complexity index is 937. The standard InChI is InChI=1S/C32H46N2O4/c1-2-3-4-5-6-7-8-15-22-29(35)32(23-16-21-27-17-11-9-12-18-27)30(33-24-25-37-32)31(36)34-38-26-28-19-13-10-14-20-28/h9-14,17-20,30,33H,2-8,15-16,21-26H2,1H3,(H,34,36). The number of carbonyl (C=O) groups excluding carboxylic acids is 2. The summed E-state index contributed by atoms with van der Waals surface area (Å²) in [6, 6.07) is 19.1. The maximum atomic E-state index is 13.8. The van der Waals surface area contributed by atoms with Crippen molar-refractivity contribution in [2.24, 2.45) is 0 Å². The van der Waals surface area contributed by atoms with Crippen LogP contribution in [0.2, 0.25) is 0 Å². The van der Waals surface area contributed by atoms with E-state index in [1.807, 2.05) is 48.5 Å². The molecule has 1 fully saturated rings. The molecular weight excluding hydrogens is 476 g/mol. The van der Waals surface area contributed by atoms with Crippen molar-refractivity contribution in [1.82, 2.24) is 10.8 Å². The lowest BCUT2D eigenvalue weighted by atomic mass is 9.80. The average molecular weight is 523 g/mol. The van der Waals surface area contributed by atoms with Crippen LogP contribution in [-0.4, -0.2) is 36.5 Å². The molecule has 1 aliphatic rings. The second-order valence-corrected chi connectivity index (χ2v) is 10.4. The van der Waals surface area contributed by atoms with E-state index in [4.69, 9.17) is 9.57 Å². The minimum Gasteiger partial charge on any atom is -0.364 e. The van der Waals surface area contributed by atoms with E-state index in [0.717, 1.165) is 37.7 Å². The molecular formula is C32H46N2O4. The van der Waals surface area contributed by atoms with Gasteiger partial charge in [0.25, 0.3) is 5.91 Å². The van der Waals surface area contributed by atoms with Crippen molar-refractivity contribution >= 4 is 11.7 Å². The molecule has 1 aliphatic heterocycles. The molecule has 0 radical (unpaired) electrons. The van der Waals surface area contributed by atoms with Crippen LogP contribution in [0.25, 0.3) is 0 Å². The largest absolute Gasteiger partial charge is 0.364 e. The zero-order chi connectivity index (χ0) is 26.9. The molecule has 2 N–H and O–H groups in total. The Hall–Kier alpha value is -2.54. The summed E-state index contributed by atoms with van der Waals surface area (Å²) in [5, 5.41) is 3.28. The van der Waals surface area contributed by atoms with Gasteiger partial charge in [0.2, 0.25) is 0 Å². The van der Waals surface area contributed by atoms with E-state index >= 15 is 0 Å². The molecule has 0 bridgehead atoms. The van der Waals surface area contributed by atoms with E-state index in [2.05, 4.69) is 29.9 Å². The highest BCUT2D eigenvalue weighted by Crippen LogP contribution is 2.30. The number of Topliss-reactive ketones (excluding diaryl/α,β-unsaturated/α-hetero) is 1. The van der Waals surface area contributed by atoms with Crippen LogP contribution in [0.4, 0.5) is 0 Å². The third-order valence-corrected chi connectivity index (χ3v) is 7.38. The first-order chi connectivity index (χ1) is 18.7. The molecule has 0 aromatic heterocycles. The number of benzene rings is 2. The topological polar surface area (TPSA) is 76.7 Å². The minimum absolute atomic E-state index is 0.0203. The van der Waals surface area contributed by atoms with Crippen LogP contribution in [0, 0.1) is 0 Å². The van der Waals surface area contributed by atoms with E-state index in [1.165, 1.54) is 37.7 Å². The molecule has 0 aliphatic carbocycles. The van der Waals surface area contributed by atoms with Gasteiger partial charge in [0.15, 0.2) is 11.4 Å². The number of nitrogens with one attached hydrogen (secondary N) is 2. The van der Waals surface area contributed by atoms with Gasteiger partial charge in [-0.25, -0.2) is 5.48 Å². The molecule has 6 nitrogen and oxygen atoms in total. The van der Waals surface area contributed by atoms with Gasteiger partial charge in [-0.3, -0.25) is 14.4 Å². The number of carbonyl (C=O) groups is 2. The average Bonchev–Trinajstić information content (AvgIpc) is 2.95. The fourth-order valence-corrected chi connectivity index (χ4v) is 5.24. The van der Waals surface area contributed by atoms with Gasteiger partial charge >= 0.3 is 0 Å². The fraction of sp³-hybridized carbons (Fsp3) is 0.562. The van der Waals surface area contributed by atoms with Gasteiger partial charge in [-0.1, -0.05) is 113 Å². The molecule has 2 unspecified atom stereocenters. The molecule has 0 saturated carbocycles. The fourth-order valence-electron chi connectivity index (χ4n) is 5.24. The highest BCUT2D eigenvalue weighted by atomic mass is 16.7. The number of rotatable bonds is 18. The first-order valence-corrected chi connectivity index (χ1v) is 14.6. The van der Waals surface area contributed by atoms with E-state index in [1.54, 1.807) is 0 Å². The lowest BCUT2D eigenvalue weighted by molar-refractivity contribution is -0.169. The van der Waals surface area contributed by atoms with Crippen molar-refractivity contribution in [2.45, 2.75) is 102 Å². The van der Waals surface area contributed by atoms with Crippen LogP contribution in [0.15, 0.2) is 60.7 Å². The van der Waals surface area contributed by atoms with Gasteiger partial charge in [-0.05, 0) is 36.8 Å². The lowest BCUT2D eigenvalue weighted by Crippen LogP contribution is -2.67. The van der Waals surface area contributed by atoms with Crippen molar-refractivity contribution < 1.29 is 19.2 Å². The second kappa shape index (κ2) is 17.1. The van der Waals surface area contributed by atoms with E-state index in [0.29, 0.717) is 26.0 Å². The maximum absolute atomic E-state index is 13.8. The predicted octanol–water partition coefficient (Wildman–Crippen LogP) is 6.08. The molecule has 0 spiro atoms. The molecule has 3 rings (SSSR count). The number of ether oxygens (including phenoxy) is 1. The zero-order valence-electron chi connectivity index (χ0n) is 23.1. The molecule has 2 aromatic carbocycles. The number of morpholine rings is 1. The van der Waals surface area contributed by atoms with E-state index in [9.17, 15) is 9.59 Å². The van der Waals surface area contributed by atoms with Gasteiger partial charge < -0.3 is 10.1 Å². The number of amides is 1. The maximum Gasteiger partial charge on any atom is 0.264 e. The molecule has 6 heteroatoms. The minimum atomic E-state index is -1.19. The summed E-state index contributed by atoms with van der Waals surface area (Å²) >= 11 is 0. The third-order valence-electron chi connectivity index (χ3n) is 7.38. The third kappa shape index (κ3) is 9.64. The number of hydrogen-bond donors (Lipinski definition) is 2. The number of unbranched alkanes of at least 4 members (excludes halogenated alkanes) is 7. The molecule has 208 valence electrons. The Balaban J connectivity index is 1.60. The van der Waals surface area contributed by atoms with Crippen molar-refractivity contribution in [3.8, 4) is 0 Å². The van der Waals surface area contributed by atoms with Crippen LogP contribution in [0.3, 0.4) is 0 Å². The summed E-state index contributed by atoms with van der Waals surface area (Å²) in [5.74, 6) is -0.337. The van der Waals surface area contributed by atoms with Crippen molar-refractivity contribution in [3.05, 3.63) is 71.8 Å². The van der Waals surface area contributed by atoms with Crippen molar-refractivity contribution in [3.63, 3.8) is 0 Å². The van der Waals surface area contributed by atoms with Crippen LogP contribution in [-0.2, 0) is 32.2 Å². The predicted molar refractivity (Wildman–Crippen MR) is 151 cm³/mol. The number of hydrogen-bond acceptors (Lipinski definition) is 5. The van der Waals surface area contributed by atoms with Crippen LogP contribution in [0.1, 0.15) is 88.7 Å². The Morgan fingerprint density at radius 3 is 2.21 bits per heavy atom. The molecule has 1 amide bonds. The summed E-state index contributed by atoms with van der Waals surface area (Å²) in [4.78, 5) is 32.6. The quantitative estimate of drug-likeness (QED) is 0.183. The molecule has 1 saturated heterocycles. The Labute approximate surface area is 228 Å². The van der Waals surface area contributed by atoms with Gasteiger partial charge in [-0.2, -0.15) is 0 Å². The molecule has 38 heavy (non-hydrogen) atoms. The molecule has 1 heterocycles. The van der Waals surface area contributed by atoms with Gasteiger partial charge in [-0.15, -0.1) is 0 Å². The molecule has 2 atom stereocenters. The lowest BCUT2D eigenvalue weighted by Gasteiger charge is -2.42. The summed E-state index contributed by atoms with van der Waals surface area (Å²) in [5.41, 5.74) is 3.58. The first-order valence-electron chi connectivity index (χ1n) is 14.6. The highest BCUT2D eigenvalue weighted by molar-refractivity contribution is 5.96. The Morgan fingerprint density at radius 2 is 1.53 bits per heavy atom. The van der Waals surface area contributed by atoms with Crippen LogP contribution < -0.4 is 10.8 Å². The number of aryl methyl sites for hydroxylation is 1. The summed E-state index contributed by atoms with van der Waals surface area (Å²) in [6.45, 7) is 3.41. The number of hydroxylamine groups is 1. The SMILES string of the molecule is CCCCCCCCCCC(=O)C1(CCCc2ccccc2)OCCNC1C(=O)NOCc1ccccc1. The summed E-state index contributed by atoms with van der Waals surface area (Å²) < 4.78 is 6.26. The highest BCUT2D eigenvalue weighted by Gasteiger charge is 2.51. The van der Waals surface area contributed by atoms with Gasteiger partial charge in [0.1, 0.15) is 6.04 Å². The van der Waals surface area contributed by atoms with Crippen LogP contribution in [0.5, 0.6) is 0 Å². The summed E-state index contributed by atoms with van der Waals surface area (Å²) in [6.07, 6.45) is 11.8. The normalized spacial score (nSPS) is 19.2. The Morgan fingerprint density at radius 1 is 0.895 bits per heavy atom. The smallest absolute Gasteiger partial charge is 0.264 e. The van der Waals surface area contributed by atoms with Crippen molar-refractivity contribution in [1.29, 1.82) is 0 Å². The van der Waals surface area contributed by atoms with Crippen molar-refractivity contribution in [2.75, 3.05) is 13.2 Å². The van der Waals surface area contributed by atoms with E-state index in [-0.39, 0.29) is 18.3 Å². The zero-order valence-corrected chi connectivity index (χ0v) is 23.1. The van der Waals surface area contributed by atoms with Gasteiger partial charge in [0.05, 0.1) is 13.2 Å². The first kappa shape index (κ1) is 30.0. The summed E-state index contributed by atoms with van der Waals surface area (Å²) in [7, 11) is 0. The molecule has 2 aromatic rings. The van der Waals surface area contributed by atoms with E-state index < -0.39 is 11.6 Å². The second-order valence-electron chi connectivity index (χ2n) is 10.4. The van der Waals surface area contributed by atoms with Gasteiger partial charge in [0, 0.05) is 13.0 Å². The Kier molecular flexibility index (Phi) is 13.5. The number of ketones is 1. The van der Waals surface area contributed by atoms with Crippen LogP contribution >= 0.6 is 0 Å².